The van der Waals surface area contributed by atoms with Crippen molar-refractivity contribution >= 4 is 105 Å². The maximum atomic E-state index is 13.2. The number of rotatable bonds is 8. The molecule has 0 aliphatic rings. The number of H-pyrrole nitrogens is 2. The Kier molecular flexibility index (Phi) is 15.8. The zero-order valence-electron chi connectivity index (χ0n) is 33.3. The first kappa shape index (κ1) is 48.0. The number of hydrogen-bond acceptors (Lipinski definition) is 12. The van der Waals surface area contributed by atoms with E-state index in [1.54, 1.807) is 52.4 Å². The van der Waals surface area contributed by atoms with Gasteiger partial charge in [0, 0.05) is 40.2 Å². The van der Waals surface area contributed by atoms with Gasteiger partial charge >= 0.3 is 29.6 Å². The molecule has 8 rings (SSSR count). The van der Waals surface area contributed by atoms with Gasteiger partial charge in [0.2, 0.25) is 5.78 Å². The van der Waals surface area contributed by atoms with Crippen LogP contribution in [0.2, 0.25) is 10.0 Å². The van der Waals surface area contributed by atoms with Gasteiger partial charge in [-0.1, -0.05) is 35.0 Å². The van der Waals surface area contributed by atoms with E-state index < -0.39 is 25.8 Å². The third-order valence-corrected chi connectivity index (χ3v) is 12.9. The predicted octanol–water partition coefficient (Wildman–Crippen LogP) is 5.84. The van der Waals surface area contributed by atoms with Crippen LogP contribution in [0.4, 0.5) is 11.4 Å². The van der Waals surface area contributed by atoms with Crippen molar-refractivity contribution in [2.75, 3.05) is 4.72 Å². The van der Waals surface area contributed by atoms with Crippen molar-refractivity contribution in [1.29, 1.82) is 5.26 Å². The zero-order chi connectivity index (χ0) is 44.1. The molecule has 6 aromatic heterocycles. The van der Waals surface area contributed by atoms with E-state index in [1.165, 1.54) is 61.2 Å². The number of aromatic nitrogens is 8. The second-order valence-electron chi connectivity index (χ2n) is 13.1. The van der Waals surface area contributed by atoms with Crippen molar-refractivity contribution in [2.24, 2.45) is 0 Å². The maximum Gasteiger partial charge on any atom is 1.00 e. The van der Waals surface area contributed by atoms with E-state index >= 15 is 0 Å². The smallest absolute Gasteiger partial charge is 0.570 e. The van der Waals surface area contributed by atoms with Crippen LogP contribution in [0, 0.1) is 42.7 Å². The first-order valence-corrected chi connectivity index (χ1v) is 22.4. The normalized spacial score (nSPS) is 11.0. The van der Waals surface area contributed by atoms with Crippen LogP contribution in [-0.4, -0.2) is 62.5 Å². The average molecular weight is 1030 g/mol. The number of fused-ring (bicyclic) bond motifs is 2. The van der Waals surface area contributed by atoms with E-state index in [0.717, 1.165) is 20.3 Å². The van der Waals surface area contributed by atoms with Gasteiger partial charge < -0.3 is 14.7 Å². The molecule has 0 radical (unpaired) electrons. The Labute approximate surface area is 401 Å². The Morgan fingerprint density at radius 3 is 1.92 bits per heavy atom. The van der Waals surface area contributed by atoms with E-state index in [4.69, 9.17) is 28.5 Å². The minimum Gasteiger partial charge on any atom is -0.570 e. The standard InChI is InChI=1S/C20H16ClN5O3S.C14H11ClN3O2S.C6H4IN3.Na/c1-11-7-16(26-30(28,29)13-3-4-15(21)12(2)8-13)18(23-9-11)19(27)17-14-5-6-22-20(14)25-10-24-17;1-9-5-13(14(7-16)17-8-9)18-21(19,20)11-3-4-12(15)10(2)6-11;7-5-4-1-2-8-6(4)10-3-9-5;/h3-10,26H,1-2H3,(H,22,24,25);3-6,8H,1-2H3;1-3H,(H,8,9,10);/q;-1;;+1. The Hall–Kier alpha value is -5.05. The van der Waals surface area contributed by atoms with Gasteiger partial charge in [0.15, 0.2) is 0 Å². The predicted molar refractivity (Wildman–Crippen MR) is 240 cm³/mol. The first-order valence-electron chi connectivity index (χ1n) is 17.6. The van der Waals surface area contributed by atoms with Crippen LogP contribution in [0.25, 0.3) is 26.8 Å². The number of nitrogens with one attached hydrogen (secondary N) is 3. The molecule has 0 aliphatic heterocycles. The Morgan fingerprint density at radius 1 is 0.726 bits per heavy atom. The summed E-state index contributed by atoms with van der Waals surface area (Å²) >= 11 is 14.1. The zero-order valence-corrected chi connectivity index (χ0v) is 40.6. The second-order valence-corrected chi connectivity index (χ2v) is 18.2. The number of anilines is 1. The number of carbonyl (C=O) groups excluding carboxylic acids is 1. The Balaban J connectivity index is 0.000000196. The molecule has 310 valence electrons. The minimum atomic E-state index is -3.98. The Morgan fingerprint density at radius 2 is 1.29 bits per heavy atom. The number of aromatic amines is 2. The molecule has 0 saturated carbocycles. The molecule has 8 aromatic rings. The van der Waals surface area contributed by atoms with Crippen LogP contribution in [0.5, 0.6) is 0 Å². The van der Waals surface area contributed by atoms with Gasteiger partial charge in [-0.2, -0.15) is 5.26 Å². The summed E-state index contributed by atoms with van der Waals surface area (Å²) in [6, 6.07) is 17.2. The van der Waals surface area contributed by atoms with Crippen molar-refractivity contribution in [3.8, 4) is 6.07 Å². The van der Waals surface area contributed by atoms with E-state index in [0.29, 0.717) is 37.8 Å². The summed E-state index contributed by atoms with van der Waals surface area (Å²) in [5.41, 5.74) is 4.19. The summed E-state index contributed by atoms with van der Waals surface area (Å²) in [7, 11) is -7.91. The van der Waals surface area contributed by atoms with Gasteiger partial charge in [-0.15, -0.1) is 0 Å². The first-order chi connectivity index (χ1) is 29.0. The van der Waals surface area contributed by atoms with Gasteiger partial charge in [0.25, 0.3) is 10.0 Å². The van der Waals surface area contributed by atoms with Gasteiger partial charge in [-0.3, -0.25) is 14.5 Å². The fourth-order valence-corrected chi connectivity index (χ4v) is 8.50. The van der Waals surface area contributed by atoms with Gasteiger partial charge in [0.05, 0.1) is 20.9 Å². The van der Waals surface area contributed by atoms with E-state index in [9.17, 15) is 21.6 Å². The summed E-state index contributed by atoms with van der Waals surface area (Å²) in [4.78, 5) is 43.4. The third kappa shape index (κ3) is 11.3. The number of hydrogen-bond donors (Lipinski definition) is 3. The van der Waals surface area contributed by atoms with Gasteiger partial charge in [0.1, 0.15) is 60.8 Å². The maximum absolute atomic E-state index is 13.2. The molecule has 0 spiro atoms. The molecule has 0 amide bonds. The monoisotopic (exact) mass is 1030 g/mol. The molecule has 16 nitrogen and oxygen atoms in total. The number of pyridine rings is 2. The molecular formula is C40H31Cl2IN11NaO5S2. The van der Waals surface area contributed by atoms with Crippen LogP contribution in [0.1, 0.15) is 44.1 Å². The number of aryl methyl sites for hydroxylation is 4. The van der Waals surface area contributed by atoms with E-state index in [2.05, 4.69) is 71.9 Å². The number of ketones is 1. The fourth-order valence-electron chi connectivity index (χ4n) is 5.49. The summed E-state index contributed by atoms with van der Waals surface area (Å²) in [5.74, 6) is -0.521. The van der Waals surface area contributed by atoms with E-state index in [-0.39, 0.29) is 67.8 Å². The molecule has 6 heterocycles. The number of halogens is 3. The molecule has 0 fully saturated rings. The number of carbonyl (C=O) groups is 1. The van der Waals surface area contributed by atoms with Crippen LogP contribution >= 0.6 is 45.8 Å². The molecule has 22 heteroatoms. The van der Waals surface area contributed by atoms with Crippen LogP contribution in [0.15, 0.2) is 108 Å². The number of benzene rings is 2. The van der Waals surface area contributed by atoms with Crippen molar-refractivity contribution in [3.05, 3.63) is 156 Å². The van der Waals surface area contributed by atoms with Gasteiger partial charge in [-0.25, -0.2) is 41.8 Å². The van der Waals surface area contributed by atoms with E-state index in [1.807, 2.05) is 18.3 Å². The summed E-state index contributed by atoms with van der Waals surface area (Å²) in [6.45, 7) is 6.91. The fraction of sp³-hybridized carbons (Fsp3) is 0.100. The molecule has 0 saturated heterocycles. The second kappa shape index (κ2) is 20.4. The molecule has 0 bridgehead atoms. The SMILES string of the molecule is Cc1cnc(C#N)c([N-]S(=O)(=O)c2ccc(Cl)c(C)c2)c1.Cc1cnc(C(=O)c2ncnc3[nH]ccc23)c(NS(=O)(=O)c2ccc(Cl)c(C)c2)c1.Ic1ncnc2[nH]ccc12.[Na+]. The number of nitriles is 1. The van der Waals surface area contributed by atoms with Crippen LogP contribution in [0.3, 0.4) is 0 Å². The molecule has 0 aliphatic carbocycles. The average Bonchev–Trinajstić information content (AvgIpc) is 3.91. The molecular weight excluding hydrogens is 999 g/mol. The summed E-state index contributed by atoms with van der Waals surface area (Å²) in [6.07, 6.45) is 9.30. The van der Waals surface area contributed by atoms with Gasteiger partial charge in [-0.05, 0) is 127 Å². The van der Waals surface area contributed by atoms with Crippen LogP contribution < -0.4 is 34.3 Å². The molecule has 0 unspecified atom stereocenters. The van der Waals surface area contributed by atoms with Crippen molar-refractivity contribution in [1.82, 2.24) is 39.9 Å². The van der Waals surface area contributed by atoms with Crippen molar-refractivity contribution in [3.63, 3.8) is 0 Å². The summed E-state index contributed by atoms with van der Waals surface area (Å²) < 4.78 is 57.6. The minimum absolute atomic E-state index is 0. The molecule has 0 atom stereocenters. The quantitative estimate of drug-likeness (QED) is 0.0704. The molecule has 2 aromatic carbocycles. The third-order valence-electron chi connectivity index (χ3n) is 8.55. The largest absolute Gasteiger partial charge is 1.00 e. The van der Waals surface area contributed by atoms with Crippen molar-refractivity contribution in [2.45, 2.75) is 37.5 Å². The number of nitrogens with zero attached hydrogens (tertiary/aromatic N) is 8. The van der Waals surface area contributed by atoms with Crippen molar-refractivity contribution < 1.29 is 51.2 Å². The summed E-state index contributed by atoms with van der Waals surface area (Å²) in [5, 5.41) is 11.5. The Bertz CT molecular complexity index is 3240. The van der Waals surface area contributed by atoms with Crippen LogP contribution in [-0.2, 0) is 20.0 Å². The molecule has 62 heavy (non-hydrogen) atoms. The number of sulfonamides is 2. The topological polar surface area (TPSA) is 244 Å². The molecule has 3 N–H and O–H groups in total.